The van der Waals surface area contributed by atoms with Crippen LogP contribution in [0.1, 0.15) is 25.3 Å². The topological polar surface area (TPSA) is 54.0 Å². The number of hydrogen-bond acceptors (Lipinski definition) is 4. The Bertz CT molecular complexity index is 586. The second kappa shape index (κ2) is 10.3. The summed E-state index contributed by atoms with van der Waals surface area (Å²) in [5.41, 5.74) is 2.19. The van der Waals surface area contributed by atoms with E-state index in [9.17, 15) is 4.79 Å². The third kappa shape index (κ3) is 5.85. The lowest BCUT2D eigenvalue weighted by atomic mass is 10.0. The predicted molar refractivity (Wildman–Crippen MR) is 108 cm³/mol. The molecular formula is C19H29N3O3S. The minimum Gasteiger partial charge on any atom is -0.450 e. The Hall–Kier alpha value is -1.86. The van der Waals surface area contributed by atoms with Gasteiger partial charge in [-0.05, 0) is 51.0 Å². The number of aryl methyl sites for hydroxylation is 1. The van der Waals surface area contributed by atoms with Crippen LogP contribution >= 0.6 is 12.2 Å². The van der Waals surface area contributed by atoms with Gasteiger partial charge in [-0.25, -0.2) is 4.79 Å². The van der Waals surface area contributed by atoms with Crippen LogP contribution in [0.15, 0.2) is 24.3 Å². The number of carbonyl (C=O) groups excluding carboxylic acids is 1. The summed E-state index contributed by atoms with van der Waals surface area (Å²) in [5.74, 6) is 0. The van der Waals surface area contributed by atoms with Crippen LogP contribution in [0, 0.1) is 6.92 Å². The maximum atomic E-state index is 11.9. The molecule has 7 heteroatoms. The molecule has 0 bridgehead atoms. The number of ether oxygens (including phenoxy) is 2. The number of nitrogens with zero attached hydrogens (tertiary/aromatic N) is 2. The molecule has 1 aliphatic rings. The van der Waals surface area contributed by atoms with Gasteiger partial charge in [0.1, 0.15) is 0 Å². The summed E-state index contributed by atoms with van der Waals surface area (Å²) in [7, 11) is 1.69. The average Bonchev–Trinajstić information content (AvgIpc) is 2.64. The van der Waals surface area contributed by atoms with Gasteiger partial charge in [0.15, 0.2) is 5.11 Å². The number of thiocarbonyl (C=S) groups is 1. The van der Waals surface area contributed by atoms with E-state index in [1.165, 1.54) is 5.56 Å². The lowest BCUT2D eigenvalue weighted by Crippen LogP contribution is -2.50. The first kappa shape index (κ1) is 20.5. The Kier molecular flexibility index (Phi) is 8.12. The lowest BCUT2D eigenvalue weighted by molar-refractivity contribution is 0.0829. The second-order valence-electron chi connectivity index (χ2n) is 6.40. The van der Waals surface area contributed by atoms with Crippen molar-refractivity contribution in [2.24, 2.45) is 0 Å². The third-order valence-electron chi connectivity index (χ3n) is 4.53. The van der Waals surface area contributed by atoms with Gasteiger partial charge in [-0.2, -0.15) is 0 Å². The monoisotopic (exact) mass is 379 g/mol. The van der Waals surface area contributed by atoms with E-state index in [-0.39, 0.29) is 12.1 Å². The fraction of sp³-hybridized carbons (Fsp3) is 0.579. The van der Waals surface area contributed by atoms with Gasteiger partial charge in [0, 0.05) is 38.5 Å². The second-order valence-corrected chi connectivity index (χ2v) is 6.79. The zero-order valence-electron chi connectivity index (χ0n) is 15.9. The largest absolute Gasteiger partial charge is 0.450 e. The fourth-order valence-corrected chi connectivity index (χ4v) is 3.40. The molecule has 1 aromatic carbocycles. The van der Waals surface area contributed by atoms with Gasteiger partial charge in [-0.1, -0.05) is 17.7 Å². The molecule has 6 nitrogen and oxygen atoms in total. The van der Waals surface area contributed by atoms with Crippen LogP contribution in [-0.2, 0) is 9.47 Å². The number of anilines is 1. The van der Waals surface area contributed by atoms with Crippen LogP contribution in [0.3, 0.4) is 0 Å². The van der Waals surface area contributed by atoms with Gasteiger partial charge in [0.25, 0.3) is 0 Å². The van der Waals surface area contributed by atoms with E-state index >= 15 is 0 Å². The van der Waals surface area contributed by atoms with E-state index in [1.807, 2.05) is 19.1 Å². The maximum absolute atomic E-state index is 11.9. The van der Waals surface area contributed by atoms with E-state index < -0.39 is 0 Å². The molecule has 144 valence electrons. The average molecular weight is 380 g/mol. The molecule has 0 atom stereocenters. The number of amides is 1. The highest BCUT2D eigenvalue weighted by atomic mass is 32.1. The van der Waals surface area contributed by atoms with Crippen LogP contribution in [0.4, 0.5) is 10.5 Å². The van der Waals surface area contributed by atoms with Crippen LogP contribution < -0.4 is 5.32 Å². The van der Waals surface area contributed by atoms with Gasteiger partial charge in [-0.15, -0.1) is 0 Å². The Morgan fingerprint density at radius 2 is 1.96 bits per heavy atom. The Balaban J connectivity index is 1.97. The molecule has 1 aliphatic heterocycles. The van der Waals surface area contributed by atoms with Crippen LogP contribution in [0.25, 0.3) is 0 Å². The number of benzene rings is 1. The van der Waals surface area contributed by atoms with E-state index in [1.54, 1.807) is 12.0 Å². The number of methoxy groups -OCH3 is 1. The summed E-state index contributed by atoms with van der Waals surface area (Å²) in [6.45, 7) is 6.98. The van der Waals surface area contributed by atoms with Crippen LogP contribution in [0.5, 0.6) is 0 Å². The van der Waals surface area contributed by atoms with E-state index in [2.05, 4.69) is 29.3 Å². The lowest BCUT2D eigenvalue weighted by Gasteiger charge is -2.39. The minimum absolute atomic E-state index is 0.227. The molecule has 1 amide bonds. The van der Waals surface area contributed by atoms with Gasteiger partial charge in [0.05, 0.1) is 13.2 Å². The van der Waals surface area contributed by atoms with E-state index in [0.717, 1.165) is 25.1 Å². The molecule has 1 aromatic rings. The summed E-state index contributed by atoms with van der Waals surface area (Å²) in [6.07, 6.45) is 1.49. The summed E-state index contributed by atoms with van der Waals surface area (Å²) < 4.78 is 10.4. The van der Waals surface area contributed by atoms with Crippen molar-refractivity contribution >= 4 is 29.1 Å². The SMILES string of the molecule is CCOC(=O)N1CCC(N(CCOC)C(=S)Nc2ccc(C)cc2)CC1. The molecule has 0 radical (unpaired) electrons. The molecule has 0 spiro atoms. The highest BCUT2D eigenvalue weighted by Gasteiger charge is 2.28. The van der Waals surface area contributed by atoms with Crippen molar-refractivity contribution in [2.75, 3.05) is 45.3 Å². The zero-order valence-corrected chi connectivity index (χ0v) is 16.7. The van der Waals surface area contributed by atoms with Crippen molar-refractivity contribution in [1.29, 1.82) is 0 Å². The predicted octanol–water partition coefficient (Wildman–Crippen LogP) is 3.26. The Morgan fingerprint density at radius 1 is 1.31 bits per heavy atom. The number of nitrogens with one attached hydrogen (secondary N) is 1. The Morgan fingerprint density at radius 3 is 2.54 bits per heavy atom. The molecule has 26 heavy (non-hydrogen) atoms. The molecule has 0 saturated carbocycles. The number of likely N-dealkylation sites (tertiary alicyclic amines) is 1. The standard InChI is InChI=1S/C19H29N3O3S/c1-4-25-19(23)21-11-9-17(10-12-21)22(13-14-24-3)18(26)20-16-7-5-15(2)6-8-16/h5-8,17H,4,9-14H2,1-3H3,(H,20,26). The number of carbonyl (C=O) groups is 1. The molecule has 1 heterocycles. The van der Waals surface area contributed by atoms with Gasteiger partial charge >= 0.3 is 6.09 Å². The van der Waals surface area contributed by atoms with Gasteiger partial charge in [0.2, 0.25) is 0 Å². The molecule has 1 N–H and O–H groups in total. The Labute approximate surface area is 161 Å². The molecule has 0 aliphatic carbocycles. The molecule has 2 rings (SSSR count). The van der Waals surface area contributed by atoms with Crippen molar-refractivity contribution in [1.82, 2.24) is 9.80 Å². The highest BCUT2D eigenvalue weighted by Crippen LogP contribution is 2.19. The summed E-state index contributed by atoms with van der Waals surface area (Å²) in [5, 5.41) is 4.02. The van der Waals surface area contributed by atoms with Crippen LogP contribution in [-0.4, -0.2) is 67.0 Å². The molecule has 0 unspecified atom stereocenters. The fourth-order valence-electron chi connectivity index (χ4n) is 3.05. The zero-order chi connectivity index (χ0) is 18.9. The summed E-state index contributed by atoms with van der Waals surface area (Å²) in [6, 6.07) is 8.45. The van der Waals surface area contributed by atoms with Crippen molar-refractivity contribution < 1.29 is 14.3 Å². The minimum atomic E-state index is -0.227. The van der Waals surface area contributed by atoms with Gasteiger partial charge < -0.3 is 24.6 Å². The van der Waals surface area contributed by atoms with E-state index in [4.69, 9.17) is 21.7 Å². The number of piperidine rings is 1. The van der Waals surface area contributed by atoms with Crippen molar-refractivity contribution in [3.05, 3.63) is 29.8 Å². The van der Waals surface area contributed by atoms with Crippen molar-refractivity contribution in [3.8, 4) is 0 Å². The molecular weight excluding hydrogens is 350 g/mol. The first-order valence-corrected chi connectivity index (χ1v) is 9.51. The summed E-state index contributed by atoms with van der Waals surface area (Å²) in [4.78, 5) is 15.8. The first-order valence-electron chi connectivity index (χ1n) is 9.10. The molecule has 1 fully saturated rings. The number of rotatable bonds is 6. The number of hydrogen-bond donors (Lipinski definition) is 1. The van der Waals surface area contributed by atoms with Crippen molar-refractivity contribution in [2.45, 2.75) is 32.7 Å². The van der Waals surface area contributed by atoms with Gasteiger partial charge in [-0.3, -0.25) is 0 Å². The summed E-state index contributed by atoms with van der Waals surface area (Å²) >= 11 is 5.66. The van der Waals surface area contributed by atoms with E-state index in [0.29, 0.717) is 31.4 Å². The van der Waals surface area contributed by atoms with Crippen LogP contribution in [0.2, 0.25) is 0 Å². The van der Waals surface area contributed by atoms with Crippen molar-refractivity contribution in [3.63, 3.8) is 0 Å². The quantitative estimate of drug-likeness (QED) is 0.766. The molecule has 1 saturated heterocycles. The third-order valence-corrected chi connectivity index (χ3v) is 4.87. The highest BCUT2D eigenvalue weighted by molar-refractivity contribution is 7.80. The first-order chi connectivity index (χ1) is 12.5. The normalized spacial score (nSPS) is 14.8. The smallest absolute Gasteiger partial charge is 0.409 e. The maximum Gasteiger partial charge on any atom is 0.409 e. The molecule has 0 aromatic heterocycles.